The Morgan fingerprint density at radius 1 is 0.737 bits per heavy atom. The molecule has 102 valence electrons. The molecule has 0 unspecified atom stereocenters. The summed E-state index contributed by atoms with van der Waals surface area (Å²) in [6, 6.07) is 4.63. The van der Waals surface area contributed by atoms with Gasteiger partial charge in [-0.2, -0.15) is 0 Å². The quantitative estimate of drug-likeness (QED) is 0.596. The topological polar surface area (TPSA) is 9.23 Å². The molecule has 0 aromatic heterocycles. The summed E-state index contributed by atoms with van der Waals surface area (Å²) in [5, 5.41) is 0. The van der Waals surface area contributed by atoms with Gasteiger partial charge in [-0.05, 0) is 33.1 Å². The van der Waals surface area contributed by atoms with Crippen LogP contribution in [0.1, 0.15) is 76.0 Å². The van der Waals surface area contributed by atoms with E-state index in [2.05, 4.69) is 65.8 Å². The molecule has 2 aliphatic rings. The Hall–Kier alpha value is -1.08. The van der Waals surface area contributed by atoms with E-state index in [4.69, 9.17) is 4.74 Å². The third kappa shape index (κ3) is 1.87. The number of ether oxygens (including phenoxy) is 1. The zero-order valence-electron chi connectivity index (χ0n) is 12.9. The fourth-order valence-electron chi connectivity index (χ4n) is 3.34. The molecule has 0 saturated heterocycles. The molecule has 3 rings (SSSR count). The van der Waals surface area contributed by atoms with Gasteiger partial charge in [0, 0.05) is 0 Å². The lowest BCUT2D eigenvalue weighted by Crippen LogP contribution is -2.20. The van der Waals surface area contributed by atoms with Gasteiger partial charge in [-0.1, -0.05) is 65.8 Å². The van der Waals surface area contributed by atoms with E-state index in [1.165, 1.54) is 22.3 Å². The average molecular weight is 256 g/mol. The summed E-state index contributed by atoms with van der Waals surface area (Å²) in [4.78, 5) is 0. The maximum absolute atomic E-state index is 6.10. The third-order valence-corrected chi connectivity index (χ3v) is 4.23. The molecule has 0 saturated carbocycles. The molecule has 0 N–H and O–H groups in total. The third-order valence-electron chi connectivity index (χ3n) is 4.23. The van der Waals surface area contributed by atoms with Gasteiger partial charge in [-0.25, -0.2) is 0 Å². The summed E-state index contributed by atoms with van der Waals surface area (Å²) in [6.45, 7) is 13.7. The molecule has 1 nitrogen and oxygen atoms in total. The highest BCUT2D eigenvalue weighted by molar-refractivity contribution is 5.55. The van der Waals surface area contributed by atoms with Gasteiger partial charge in [0.15, 0.2) is 0 Å². The SMILES string of the molecule is CC(C)(C)c1ccc(C(C)(C)C)c2c1[C@H]1C=C[C@H]2O1. The molecule has 1 aromatic rings. The summed E-state index contributed by atoms with van der Waals surface area (Å²) in [6.07, 6.45) is 4.79. The molecule has 0 amide bonds. The van der Waals surface area contributed by atoms with Crippen molar-refractivity contribution in [3.63, 3.8) is 0 Å². The van der Waals surface area contributed by atoms with Gasteiger partial charge >= 0.3 is 0 Å². The maximum atomic E-state index is 6.10. The minimum atomic E-state index is 0.169. The second-order valence-electron chi connectivity index (χ2n) is 7.85. The van der Waals surface area contributed by atoms with Crippen LogP contribution in [0.5, 0.6) is 0 Å². The smallest absolute Gasteiger partial charge is 0.103 e. The van der Waals surface area contributed by atoms with Crippen LogP contribution < -0.4 is 0 Å². The highest BCUT2D eigenvalue weighted by Crippen LogP contribution is 2.52. The van der Waals surface area contributed by atoms with Crippen LogP contribution in [0.15, 0.2) is 24.3 Å². The molecule has 1 aromatic carbocycles. The lowest BCUT2D eigenvalue weighted by atomic mass is 9.73. The lowest BCUT2D eigenvalue weighted by Gasteiger charge is -2.30. The molecule has 0 fully saturated rings. The average Bonchev–Trinajstić information content (AvgIpc) is 2.85. The van der Waals surface area contributed by atoms with Crippen molar-refractivity contribution >= 4 is 0 Å². The molecule has 0 radical (unpaired) electrons. The molecule has 2 atom stereocenters. The van der Waals surface area contributed by atoms with Crippen LogP contribution >= 0.6 is 0 Å². The highest BCUT2D eigenvalue weighted by atomic mass is 16.5. The molecule has 19 heavy (non-hydrogen) atoms. The standard InChI is InChI=1S/C18H24O/c1-17(2,3)11-7-8-12(18(4,5)6)16-14-10-9-13(19-14)15(11)16/h7-10,13-14H,1-6H3/t13-,14-/m1/s1. The molecule has 0 spiro atoms. The second-order valence-corrected chi connectivity index (χ2v) is 7.85. The van der Waals surface area contributed by atoms with Crippen molar-refractivity contribution < 1.29 is 4.74 Å². The monoisotopic (exact) mass is 256 g/mol. The van der Waals surface area contributed by atoms with Gasteiger partial charge < -0.3 is 4.74 Å². The van der Waals surface area contributed by atoms with Crippen molar-refractivity contribution in [2.45, 2.75) is 64.6 Å². The highest BCUT2D eigenvalue weighted by Gasteiger charge is 2.40. The van der Waals surface area contributed by atoms with Crippen LogP contribution in [-0.2, 0) is 15.6 Å². The van der Waals surface area contributed by atoms with E-state index in [0.717, 1.165) is 0 Å². The number of hydrogen-bond acceptors (Lipinski definition) is 1. The first-order valence-electron chi connectivity index (χ1n) is 7.21. The minimum absolute atomic E-state index is 0.169. The summed E-state index contributed by atoms with van der Waals surface area (Å²) in [5.41, 5.74) is 6.09. The van der Waals surface area contributed by atoms with Crippen LogP contribution in [0.3, 0.4) is 0 Å². The van der Waals surface area contributed by atoms with Gasteiger partial charge in [0.05, 0.1) is 0 Å². The molecular weight excluding hydrogens is 232 g/mol. The van der Waals surface area contributed by atoms with E-state index >= 15 is 0 Å². The van der Waals surface area contributed by atoms with Crippen LogP contribution in [0.2, 0.25) is 0 Å². The number of fused-ring (bicyclic) bond motifs is 5. The van der Waals surface area contributed by atoms with E-state index in [-0.39, 0.29) is 23.0 Å². The summed E-state index contributed by atoms with van der Waals surface area (Å²) in [5.74, 6) is 0. The molecular formula is C18H24O. The molecule has 1 heteroatoms. The van der Waals surface area contributed by atoms with Gasteiger partial charge in [-0.3, -0.25) is 0 Å². The first kappa shape index (κ1) is 12.9. The van der Waals surface area contributed by atoms with Crippen LogP contribution in [0, 0.1) is 0 Å². The predicted molar refractivity (Wildman–Crippen MR) is 79.5 cm³/mol. The fourth-order valence-corrected chi connectivity index (χ4v) is 3.34. The van der Waals surface area contributed by atoms with Crippen LogP contribution in [-0.4, -0.2) is 0 Å². The normalized spacial score (nSPS) is 24.9. The maximum Gasteiger partial charge on any atom is 0.103 e. The van der Waals surface area contributed by atoms with Crippen molar-refractivity contribution in [2.24, 2.45) is 0 Å². The summed E-state index contributed by atoms with van der Waals surface area (Å²) < 4.78 is 6.10. The van der Waals surface area contributed by atoms with Crippen LogP contribution in [0.25, 0.3) is 0 Å². The Labute approximate surface area is 116 Å². The molecule has 0 aliphatic carbocycles. The van der Waals surface area contributed by atoms with Gasteiger partial charge in [-0.15, -0.1) is 0 Å². The summed E-state index contributed by atoms with van der Waals surface area (Å²) in [7, 11) is 0. The second kappa shape index (κ2) is 3.73. The van der Waals surface area contributed by atoms with Gasteiger partial charge in [0.2, 0.25) is 0 Å². The van der Waals surface area contributed by atoms with Crippen molar-refractivity contribution in [3.05, 3.63) is 46.5 Å². The zero-order valence-corrected chi connectivity index (χ0v) is 12.9. The van der Waals surface area contributed by atoms with E-state index in [9.17, 15) is 0 Å². The Morgan fingerprint density at radius 3 is 1.42 bits per heavy atom. The van der Waals surface area contributed by atoms with Gasteiger partial charge in [0.25, 0.3) is 0 Å². The van der Waals surface area contributed by atoms with Crippen molar-refractivity contribution in [1.29, 1.82) is 0 Å². The van der Waals surface area contributed by atoms with Crippen LogP contribution in [0.4, 0.5) is 0 Å². The first-order valence-corrected chi connectivity index (χ1v) is 7.21. The van der Waals surface area contributed by atoms with Crippen molar-refractivity contribution in [2.75, 3.05) is 0 Å². The Morgan fingerprint density at radius 2 is 1.11 bits per heavy atom. The Kier molecular flexibility index (Phi) is 2.54. The first-order chi connectivity index (χ1) is 8.69. The number of hydrogen-bond donors (Lipinski definition) is 0. The molecule has 2 aliphatic heterocycles. The lowest BCUT2D eigenvalue weighted by molar-refractivity contribution is 0.0867. The van der Waals surface area contributed by atoms with Crippen molar-refractivity contribution in [3.8, 4) is 0 Å². The van der Waals surface area contributed by atoms with Gasteiger partial charge in [0.1, 0.15) is 12.2 Å². The Balaban J connectivity index is 2.28. The zero-order chi connectivity index (χ0) is 14.0. The fraction of sp³-hybridized carbons (Fsp3) is 0.556. The minimum Gasteiger partial charge on any atom is -0.357 e. The number of rotatable bonds is 0. The predicted octanol–water partition coefficient (Wildman–Crippen LogP) is 4.96. The number of benzene rings is 1. The Bertz CT molecular complexity index is 503. The van der Waals surface area contributed by atoms with E-state index in [1.54, 1.807) is 0 Å². The largest absolute Gasteiger partial charge is 0.357 e. The van der Waals surface area contributed by atoms with Crippen molar-refractivity contribution in [1.82, 2.24) is 0 Å². The molecule has 2 heterocycles. The summed E-state index contributed by atoms with van der Waals surface area (Å²) >= 11 is 0. The van der Waals surface area contributed by atoms with E-state index in [0.29, 0.717) is 0 Å². The molecule has 2 bridgehead atoms. The van der Waals surface area contributed by atoms with E-state index < -0.39 is 0 Å². The van der Waals surface area contributed by atoms with E-state index in [1.807, 2.05) is 0 Å².